The summed E-state index contributed by atoms with van der Waals surface area (Å²) < 4.78 is 2.39. The molecule has 2 fully saturated rings. The van der Waals surface area contributed by atoms with Crippen molar-refractivity contribution >= 4 is 11.8 Å². The van der Waals surface area contributed by atoms with Crippen LogP contribution in [0.3, 0.4) is 0 Å². The maximum atomic E-state index is 9.34. The van der Waals surface area contributed by atoms with E-state index in [0.717, 1.165) is 30.2 Å². The monoisotopic (exact) mass is 310 g/mol. The van der Waals surface area contributed by atoms with Gasteiger partial charge in [0.2, 0.25) is 0 Å². The van der Waals surface area contributed by atoms with Gasteiger partial charge in [0.1, 0.15) is 5.82 Å². The quantitative estimate of drug-likeness (QED) is 0.541. The van der Waals surface area contributed by atoms with E-state index in [0.29, 0.717) is 12.0 Å². The van der Waals surface area contributed by atoms with Crippen LogP contribution < -0.4 is 5.73 Å². The summed E-state index contributed by atoms with van der Waals surface area (Å²) in [5.74, 6) is 2.88. The fourth-order valence-electron chi connectivity index (χ4n) is 2.64. The summed E-state index contributed by atoms with van der Waals surface area (Å²) in [5, 5.41) is 19.3. The Bertz CT molecular complexity index is 478. The van der Waals surface area contributed by atoms with E-state index in [-0.39, 0.29) is 6.61 Å². The van der Waals surface area contributed by atoms with Crippen LogP contribution in [0.2, 0.25) is 0 Å². The van der Waals surface area contributed by atoms with Crippen molar-refractivity contribution in [1.29, 1.82) is 0 Å². The Morgan fingerprint density at radius 3 is 2.67 bits per heavy atom. The lowest BCUT2D eigenvalue weighted by Crippen LogP contribution is -2.42. The van der Waals surface area contributed by atoms with Crippen molar-refractivity contribution in [3.63, 3.8) is 0 Å². The van der Waals surface area contributed by atoms with E-state index in [1.807, 2.05) is 6.92 Å². The number of aliphatic hydroxyl groups is 1. The third kappa shape index (κ3) is 3.60. The summed E-state index contributed by atoms with van der Waals surface area (Å²) in [7, 11) is 0. The van der Waals surface area contributed by atoms with Gasteiger partial charge in [-0.2, -0.15) is 0 Å². The second-order valence-electron chi connectivity index (χ2n) is 6.54. The maximum absolute atomic E-state index is 9.34. The van der Waals surface area contributed by atoms with E-state index >= 15 is 0 Å². The van der Waals surface area contributed by atoms with Gasteiger partial charge in [0.05, 0.1) is 6.61 Å². The standard InChI is InChI=1S/C15H26N4OS/c1-2-15(16,10-20)8-3-9-21-14-18-17-13(11-4-5-11)19(14)12-6-7-12/h11-12,20H,2-10,16H2,1H3. The fourth-order valence-corrected chi connectivity index (χ4v) is 3.59. The molecule has 3 rings (SSSR count). The highest BCUT2D eigenvalue weighted by Gasteiger charge is 2.36. The SMILES string of the molecule is CCC(N)(CO)CCCSc1nnc(C2CC2)n1C1CC1. The first-order valence-corrected chi connectivity index (χ1v) is 9.13. The van der Waals surface area contributed by atoms with Gasteiger partial charge in [-0.25, -0.2) is 0 Å². The molecule has 3 N–H and O–H groups in total. The fraction of sp³-hybridized carbons (Fsp3) is 0.867. The van der Waals surface area contributed by atoms with E-state index in [1.54, 1.807) is 11.8 Å². The molecule has 1 atom stereocenters. The second-order valence-corrected chi connectivity index (χ2v) is 7.60. The molecule has 2 aliphatic rings. The van der Waals surface area contributed by atoms with Crippen LogP contribution in [-0.2, 0) is 0 Å². The molecule has 2 saturated carbocycles. The molecular weight excluding hydrogens is 284 g/mol. The summed E-state index contributed by atoms with van der Waals surface area (Å²) in [4.78, 5) is 0. The lowest BCUT2D eigenvalue weighted by Gasteiger charge is -2.25. The Kier molecular flexibility index (Phi) is 4.57. The molecule has 6 heteroatoms. The van der Waals surface area contributed by atoms with E-state index in [1.165, 1.54) is 31.5 Å². The van der Waals surface area contributed by atoms with Crippen molar-refractivity contribution in [3.8, 4) is 0 Å². The summed E-state index contributed by atoms with van der Waals surface area (Å²) in [6.45, 7) is 2.10. The van der Waals surface area contributed by atoms with Crippen LogP contribution in [0.25, 0.3) is 0 Å². The number of thioether (sulfide) groups is 1. The minimum absolute atomic E-state index is 0.0677. The molecule has 5 nitrogen and oxygen atoms in total. The van der Waals surface area contributed by atoms with Crippen LogP contribution in [0, 0.1) is 0 Å². The van der Waals surface area contributed by atoms with Crippen molar-refractivity contribution < 1.29 is 5.11 Å². The van der Waals surface area contributed by atoms with Gasteiger partial charge in [-0.15, -0.1) is 10.2 Å². The maximum Gasteiger partial charge on any atom is 0.191 e. The van der Waals surface area contributed by atoms with Gasteiger partial charge in [-0.05, 0) is 44.9 Å². The first-order valence-electron chi connectivity index (χ1n) is 8.14. The van der Waals surface area contributed by atoms with Crippen LogP contribution in [0.15, 0.2) is 5.16 Å². The first-order chi connectivity index (χ1) is 10.2. The summed E-state index contributed by atoms with van der Waals surface area (Å²) in [6.07, 6.45) is 7.79. The summed E-state index contributed by atoms with van der Waals surface area (Å²) >= 11 is 1.80. The van der Waals surface area contributed by atoms with E-state index in [9.17, 15) is 5.11 Å². The molecule has 1 aromatic heterocycles. The van der Waals surface area contributed by atoms with Crippen LogP contribution in [0.5, 0.6) is 0 Å². The summed E-state index contributed by atoms with van der Waals surface area (Å²) in [6, 6.07) is 0.653. The third-order valence-electron chi connectivity index (χ3n) is 4.61. The molecule has 1 heterocycles. The lowest BCUT2D eigenvalue weighted by atomic mass is 9.93. The smallest absolute Gasteiger partial charge is 0.191 e. The summed E-state index contributed by atoms with van der Waals surface area (Å²) in [5.41, 5.74) is 5.71. The Labute approximate surface area is 130 Å². The van der Waals surface area contributed by atoms with Crippen LogP contribution in [-0.4, -0.2) is 37.8 Å². The highest BCUT2D eigenvalue weighted by atomic mass is 32.2. The van der Waals surface area contributed by atoms with Crippen molar-refractivity contribution in [3.05, 3.63) is 5.82 Å². The molecule has 1 aromatic rings. The van der Waals surface area contributed by atoms with Crippen molar-refractivity contribution in [2.75, 3.05) is 12.4 Å². The third-order valence-corrected chi connectivity index (χ3v) is 5.64. The zero-order chi connectivity index (χ0) is 14.9. The molecule has 0 saturated heterocycles. The predicted molar refractivity (Wildman–Crippen MR) is 84.5 cm³/mol. The molecule has 118 valence electrons. The highest BCUT2D eigenvalue weighted by Crippen LogP contribution is 2.46. The molecule has 0 amide bonds. The minimum atomic E-state index is -0.413. The number of nitrogens with zero attached hydrogens (tertiary/aromatic N) is 3. The molecule has 0 bridgehead atoms. The minimum Gasteiger partial charge on any atom is -0.394 e. The Morgan fingerprint density at radius 2 is 2.10 bits per heavy atom. The van der Waals surface area contributed by atoms with Gasteiger partial charge in [-0.3, -0.25) is 0 Å². The molecular formula is C15H26N4OS. The molecule has 0 aromatic carbocycles. The first kappa shape index (κ1) is 15.3. The zero-order valence-electron chi connectivity index (χ0n) is 12.8. The van der Waals surface area contributed by atoms with Gasteiger partial charge >= 0.3 is 0 Å². The molecule has 21 heavy (non-hydrogen) atoms. The number of rotatable bonds is 9. The van der Waals surface area contributed by atoms with Gasteiger partial charge in [-0.1, -0.05) is 18.7 Å². The highest BCUT2D eigenvalue weighted by molar-refractivity contribution is 7.99. The van der Waals surface area contributed by atoms with E-state index in [4.69, 9.17) is 5.73 Å². The Morgan fingerprint density at radius 1 is 1.33 bits per heavy atom. The Hall–Kier alpha value is -0.590. The van der Waals surface area contributed by atoms with Crippen LogP contribution >= 0.6 is 11.8 Å². The molecule has 0 spiro atoms. The average Bonchev–Trinajstić information content (AvgIpc) is 3.42. The van der Waals surface area contributed by atoms with Crippen molar-refractivity contribution in [2.24, 2.45) is 5.73 Å². The normalized spacial score (nSPS) is 21.5. The number of hydrogen-bond acceptors (Lipinski definition) is 5. The van der Waals surface area contributed by atoms with E-state index in [2.05, 4.69) is 14.8 Å². The molecule has 1 unspecified atom stereocenters. The zero-order valence-corrected chi connectivity index (χ0v) is 13.6. The Balaban J connectivity index is 1.54. The van der Waals surface area contributed by atoms with Gasteiger partial charge < -0.3 is 15.4 Å². The van der Waals surface area contributed by atoms with Gasteiger partial charge in [0.15, 0.2) is 5.16 Å². The largest absolute Gasteiger partial charge is 0.394 e. The van der Waals surface area contributed by atoms with Gasteiger partial charge in [0, 0.05) is 23.3 Å². The number of aromatic nitrogens is 3. The molecule has 0 radical (unpaired) electrons. The lowest BCUT2D eigenvalue weighted by molar-refractivity contribution is 0.182. The van der Waals surface area contributed by atoms with Gasteiger partial charge in [0.25, 0.3) is 0 Å². The van der Waals surface area contributed by atoms with E-state index < -0.39 is 5.54 Å². The van der Waals surface area contributed by atoms with Crippen molar-refractivity contribution in [2.45, 2.75) is 74.5 Å². The predicted octanol–water partition coefficient (Wildman–Crippen LogP) is 2.46. The van der Waals surface area contributed by atoms with Crippen LogP contribution in [0.1, 0.15) is 69.7 Å². The topological polar surface area (TPSA) is 77.0 Å². The number of nitrogens with two attached hydrogens (primary N) is 1. The number of hydrogen-bond donors (Lipinski definition) is 2. The molecule has 2 aliphatic carbocycles. The molecule has 0 aliphatic heterocycles. The number of aliphatic hydroxyl groups excluding tert-OH is 1. The van der Waals surface area contributed by atoms with Crippen LogP contribution in [0.4, 0.5) is 0 Å². The average molecular weight is 310 g/mol. The second kappa shape index (κ2) is 6.26. The van der Waals surface area contributed by atoms with Crippen molar-refractivity contribution in [1.82, 2.24) is 14.8 Å².